The van der Waals surface area contributed by atoms with Crippen molar-refractivity contribution in [3.8, 4) is 0 Å². The molecule has 1 aromatic carbocycles. The molecule has 0 spiro atoms. The molecule has 1 aliphatic rings. The molecule has 0 radical (unpaired) electrons. The van der Waals surface area contributed by atoms with Crippen LogP contribution in [-0.2, 0) is 9.53 Å². The molecule has 1 aromatic rings. The van der Waals surface area contributed by atoms with Crippen LogP contribution < -0.4 is 5.32 Å². The molecule has 1 aliphatic carbocycles. The van der Waals surface area contributed by atoms with Gasteiger partial charge in [-0.2, -0.15) is 0 Å². The topological polar surface area (TPSA) is 55.4 Å². The molecule has 100 valence electrons. The number of amides is 1. The number of nitrogens with one attached hydrogen (secondary N) is 1. The molecule has 1 atom stereocenters. The average molecular weight is 259 g/mol. The highest BCUT2D eigenvalue weighted by Gasteiger charge is 2.18. The number of esters is 1. The van der Waals surface area contributed by atoms with Gasteiger partial charge in [0, 0.05) is 11.6 Å². The van der Waals surface area contributed by atoms with Crippen LogP contribution >= 0.6 is 0 Å². The van der Waals surface area contributed by atoms with E-state index in [2.05, 4.69) is 16.1 Å². The van der Waals surface area contributed by atoms with Crippen LogP contribution in [0.25, 0.3) is 0 Å². The lowest BCUT2D eigenvalue weighted by molar-refractivity contribution is -0.120. The van der Waals surface area contributed by atoms with E-state index < -0.39 is 0 Å². The molecule has 0 fully saturated rings. The van der Waals surface area contributed by atoms with Crippen LogP contribution in [-0.4, -0.2) is 19.0 Å². The predicted molar refractivity (Wildman–Crippen MR) is 72.9 cm³/mol. The summed E-state index contributed by atoms with van der Waals surface area (Å²) in [7, 11) is 1.34. The number of ether oxygens (including phenoxy) is 1. The molecule has 0 aliphatic heterocycles. The Morgan fingerprint density at radius 3 is 2.53 bits per heavy atom. The molecule has 4 nitrogen and oxygen atoms in total. The van der Waals surface area contributed by atoms with Crippen molar-refractivity contribution >= 4 is 17.6 Å². The fourth-order valence-electron chi connectivity index (χ4n) is 2.08. The van der Waals surface area contributed by atoms with E-state index in [1.165, 1.54) is 7.11 Å². The maximum absolute atomic E-state index is 12.0. The minimum absolute atomic E-state index is 0.0372. The number of benzene rings is 1. The highest BCUT2D eigenvalue weighted by atomic mass is 16.5. The lowest BCUT2D eigenvalue weighted by Gasteiger charge is -2.17. The van der Waals surface area contributed by atoms with Gasteiger partial charge in [-0.1, -0.05) is 12.2 Å². The Morgan fingerprint density at radius 1 is 1.21 bits per heavy atom. The minimum Gasteiger partial charge on any atom is -0.465 e. The Hall–Kier alpha value is -2.10. The average Bonchev–Trinajstić information content (AvgIpc) is 2.48. The van der Waals surface area contributed by atoms with Crippen molar-refractivity contribution in [2.45, 2.75) is 19.3 Å². The molecule has 0 heterocycles. The zero-order valence-electron chi connectivity index (χ0n) is 10.9. The van der Waals surface area contributed by atoms with Crippen LogP contribution in [0.4, 0.5) is 5.69 Å². The number of carbonyl (C=O) groups excluding carboxylic acids is 2. The third kappa shape index (κ3) is 3.44. The first kappa shape index (κ1) is 13.3. The van der Waals surface area contributed by atoms with E-state index >= 15 is 0 Å². The summed E-state index contributed by atoms with van der Waals surface area (Å²) < 4.78 is 4.62. The number of anilines is 1. The van der Waals surface area contributed by atoms with Crippen molar-refractivity contribution < 1.29 is 14.3 Å². The van der Waals surface area contributed by atoms with Crippen LogP contribution in [0.3, 0.4) is 0 Å². The van der Waals surface area contributed by atoms with Gasteiger partial charge in [0.2, 0.25) is 5.91 Å². The molecule has 0 bridgehead atoms. The number of methoxy groups -OCH3 is 1. The first-order valence-electron chi connectivity index (χ1n) is 6.35. The molecule has 1 N–H and O–H groups in total. The second-order valence-electron chi connectivity index (χ2n) is 4.54. The van der Waals surface area contributed by atoms with Gasteiger partial charge < -0.3 is 10.1 Å². The van der Waals surface area contributed by atoms with E-state index in [-0.39, 0.29) is 17.8 Å². The zero-order chi connectivity index (χ0) is 13.7. The molecule has 0 aromatic heterocycles. The Morgan fingerprint density at radius 2 is 1.95 bits per heavy atom. The lowest BCUT2D eigenvalue weighted by atomic mass is 9.93. The summed E-state index contributed by atoms with van der Waals surface area (Å²) in [6, 6.07) is 6.70. The highest BCUT2D eigenvalue weighted by Crippen LogP contribution is 2.20. The Labute approximate surface area is 112 Å². The van der Waals surface area contributed by atoms with Crippen LogP contribution in [0.2, 0.25) is 0 Å². The summed E-state index contributed by atoms with van der Waals surface area (Å²) >= 11 is 0. The second-order valence-corrected chi connectivity index (χ2v) is 4.54. The third-order valence-electron chi connectivity index (χ3n) is 3.21. The molecule has 1 unspecified atom stereocenters. The molecular weight excluding hydrogens is 242 g/mol. The molecule has 0 saturated heterocycles. The van der Waals surface area contributed by atoms with Crippen molar-refractivity contribution in [3.63, 3.8) is 0 Å². The van der Waals surface area contributed by atoms with Gasteiger partial charge in [0.15, 0.2) is 0 Å². The van der Waals surface area contributed by atoms with E-state index in [4.69, 9.17) is 0 Å². The van der Waals surface area contributed by atoms with E-state index in [1.807, 2.05) is 6.08 Å². The predicted octanol–water partition coefficient (Wildman–Crippen LogP) is 2.77. The molecule has 4 heteroatoms. The number of hydrogen-bond donors (Lipinski definition) is 1. The van der Waals surface area contributed by atoms with Crippen LogP contribution in [0.15, 0.2) is 36.4 Å². The lowest BCUT2D eigenvalue weighted by Crippen LogP contribution is -2.23. The van der Waals surface area contributed by atoms with Crippen LogP contribution in [0.5, 0.6) is 0 Å². The van der Waals surface area contributed by atoms with Crippen molar-refractivity contribution in [1.29, 1.82) is 0 Å². The van der Waals surface area contributed by atoms with Crippen molar-refractivity contribution in [2.24, 2.45) is 5.92 Å². The summed E-state index contributed by atoms with van der Waals surface area (Å²) in [6.07, 6.45) is 6.80. The van der Waals surface area contributed by atoms with Crippen LogP contribution in [0, 0.1) is 5.92 Å². The van der Waals surface area contributed by atoms with Crippen molar-refractivity contribution in [3.05, 3.63) is 42.0 Å². The summed E-state index contributed by atoms with van der Waals surface area (Å²) in [5.41, 5.74) is 1.17. The van der Waals surface area contributed by atoms with Gasteiger partial charge in [-0.3, -0.25) is 4.79 Å². The van der Waals surface area contributed by atoms with Gasteiger partial charge in [-0.15, -0.1) is 0 Å². The summed E-state index contributed by atoms with van der Waals surface area (Å²) in [5, 5.41) is 2.87. The number of allylic oxidation sites excluding steroid dienone is 2. The molecule has 0 saturated carbocycles. The van der Waals surface area contributed by atoms with Gasteiger partial charge in [0.25, 0.3) is 0 Å². The smallest absolute Gasteiger partial charge is 0.337 e. The molecule has 1 amide bonds. The van der Waals surface area contributed by atoms with Gasteiger partial charge in [0.1, 0.15) is 0 Å². The van der Waals surface area contributed by atoms with Gasteiger partial charge >= 0.3 is 5.97 Å². The summed E-state index contributed by atoms with van der Waals surface area (Å²) in [4.78, 5) is 23.3. The fraction of sp³-hybridized carbons (Fsp3) is 0.333. The first-order valence-corrected chi connectivity index (χ1v) is 6.35. The third-order valence-corrected chi connectivity index (χ3v) is 3.21. The van der Waals surface area contributed by atoms with Crippen LogP contribution in [0.1, 0.15) is 29.6 Å². The van der Waals surface area contributed by atoms with Crippen molar-refractivity contribution in [2.75, 3.05) is 12.4 Å². The minimum atomic E-state index is -0.379. The van der Waals surface area contributed by atoms with Gasteiger partial charge in [-0.05, 0) is 43.5 Å². The second kappa shape index (κ2) is 6.18. The Balaban J connectivity index is 1.97. The van der Waals surface area contributed by atoms with E-state index in [9.17, 15) is 9.59 Å². The standard InChI is InChI=1S/C15H17NO3/c1-19-15(18)12-7-9-13(10-8-12)16-14(17)11-5-3-2-4-6-11/h2-3,7-11H,4-6H2,1H3,(H,16,17). The summed E-state index contributed by atoms with van der Waals surface area (Å²) in [6.45, 7) is 0. The number of rotatable bonds is 3. The highest BCUT2D eigenvalue weighted by molar-refractivity contribution is 5.94. The maximum Gasteiger partial charge on any atom is 0.337 e. The summed E-state index contributed by atoms with van der Waals surface area (Å²) in [5.74, 6) is -0.296. The number of carbonyl (C=O) groups is 2. The maximum atomic E-state index is 12.0. The normalized spacial score (nSPS) is 17.8. The largest absolute Gasteiger partial charge is 0.465 e. The van der Waals surface area contributed by atoms with E-state index in [0.29, 0.717) is 11.3 Å². The molecular formula is C15H17NO3. The molecule has 19 heavy (non-hydrogen) atoms. The quantitative estimate of drug-likeness (QED) is 0.670. The van der Waals surface area contributed by atoms with E-state index in [1.54, 1.807) is 24.3 Å². The van der Waals surface area contributed by atoms with Gasteiger partial charge in [-0.25, -0.2) is 4.79 Å². The van der Waals surface area contributed by atoms with Crippen molar-refractivity contribution in [1.82, 2.24) is 0 Å². The van der Waals surface area contributed by atoms with Gasteiger partial charge in [0.05, 0.1) is 12.7 Å². The fourth-order valence-corrected chi connectivity index (χ4v) is 2.08. The zero-order valence-corrected chi connectivity index (χ0v) is 10.9. The monoisotopic (exact) mass is 259 g/mol. The van der Waals surface area contributed by atoms with E-state index in [0.717, 1.165) is 19.3 Å². The first-order chi connectivity index (χ1) is 9.20. The number of hydrogen-bond acceptors (Lipinski definition) is 3. The Kier molecular flexibility index (Phi) is 4.34. The molecule has 2 rings (SSSR count). The SMILES string of the molecule is COC(=O)c1ccc(NC(=O)C2CC=CCC2)cc1. The Bertz CT molecular complexity index is 491.